The second-order valence-electron chi connectivity index (χ2n) is 1.82. The van der Waals surface area contributed by atoms with Gasteiger partial charge in [-0.1, -0.05) is 6.92 Å². The largest absolute Gasteiger partial charge is 0.468 e. The molecule has 0 aromatic carbocycles. The molecule has 0 heterocycles. The van der Waals surface area contributed by atoms with E-state index in [2.05, 4.69) is 4.74 Å². The molecule has 0 radical (unpaired) electrons. The summed E-state index contributed by atoms with van der Waals surface area (Å²) < 4.78 is 4.37. The summed E-state index contributed by atoms with van der Waals surface area (Å²) in [6.45, 7) is 2.59. The van der Waals surface area contributed by atoms with E-state index >= 15 is 0 Å². The van der Waals surface area contributed by atoms with Crippen LogP contribution in [-0.4, -0.2) is 24.3 Å². The third-order valence-electron chi connectivity index (χ3n) is 1.11. The molecule has 0 aliphatic heterocycles. The molecule has 0 aromatic heterocycles. The molecule has 0 rings (SSSR count). The van der Waals surface area contributed by atoms with Crippen LogP contribution in [0.2, 0.25) is 0 Å². The normalized spacial score (nSPS) is 12.7. The number of hydrogen-bond donors (Lipinski definition) is 1. The van der Waals surface area contributed by atoms with E-state index in [1.165, 1.54) is 0 Å². The first-order valence-corrected chi connectivity index (χ1v) is 3.04. The topological polar surface area (TPSA) is 46.5 Å². The molecule has 0 amide bonds. The lowest BCUT2D eigenvalue weighted by molar-refractivity contribution is -0.129. The summed E-state index contributed by atoms with van der Waals surface area (Å²) in [4.78, 5) is 9.57. The van der Waals surface area contributed by atoms with E-state index in [1.807, 2.05) is 6.92 Å². The van der Waals surface area contributed by atoms with Crippen molar-refractivity contribution in [1.82, 2.24) is 0 Å². The predicted octanol–water partition coefficient (Wildman–Crippen LogP) is 0.320. The average molecular weight is 132 g/mol. The van der Waals surface area contributed by atoms with E-state index < -0.39 is 0 Å². The van der Waals surface area contributed by atoms with Crippen LogP contribution in [0.3, 0.4) is 0 Å². The Labute approximate surface area is 54.6 Å². The molecule has 1 atom stereocenters. The Kier molecular flexibility index (Phi) is 5.21. The van der Waals surface area contributed by atoms with Gasteiger partial charge in [-0.3, -0.25) is 4.79 Å². The molecule has 0 fully saturated rings. The summed E-state index contributed by atoms with van der Waals surface area (Å²) >= 11 is 0. The Hall–Kier alpha value is -0.570. The highest BCUT2D eigenvalue weighted by Gasteiger charge is 1.98. The fourth-order valence-corrected chi connectivity index (χ4v) is 0.456. The Balaban J connectivity index is 2.96. The van der Waals surface area contributed by atoms with Crippen LogP contribution in [-0.2, 0) is 9.53 Å². The summed E-state index contributed by atoms with van der Waals surface area (Å²) in [5.41, 5.74) is 0. The van der Waals surface area contributed by atoms with Gasteiger partial charge in [0.1, 0.15) is 0 Å². The Morgan fingerprint density at radius 3 is 2.89 bits per heavy atom. The molecule has 0 saturated carbocycles. The summed E-state index contributed by atoms with van der Waals surface area (Å²) in [6, 6.07) is 0. The minimum absolute atomic E-state index is 0.318. The van der Waals surface area contributed by atoms with Crippen molar-refractivity contribution in [1.29, 1.82) is 0 Å². The van der Waals surface area contributed by atoms with E-state index in [0.717, 1.165) is 0 Å². The molecular weight excluding hydrogens is 120 g/mol. The molecule has 1 N–H and O–H groups in total. The summed E-state index contributed by atoms with van der Waals surface area (Å²) in [7, 11) is 0. The number of aliphatic hydroxyl groups excluding tert-OH is 1. The van der Waals surface area contributed by atoms with E-state index in [-0.39, 0.29) is 6.10 Å². The van der Waals surface area contributed by atoms with Gasteiger partial charge < -0.3 is 9.84 Å². The number of hydrogen-bond acceptors (Lipinski definition) is 3. The minimum atomic E-state index is -0.329. The Bertz CT molecular complexity index is 72.7. The maximum absolute atomic E-state index is 9.57. The van der Waals surface area contributed by atoms with Crippen molar-refractivity contribution in [3.8, 4) is 0 Å². The second kappa shape index (κ2) is 5.56. The highest BCUT2D eigenvalue weighted by molar-refractivity contribution is 5.36. The second-order valence-corrected chi connectivity index (χ2v) is 1.82. The molecule has 0 unspecified atom stereocenters. The van der Waals surface area contributed by atoms with E-state index in [4.69, 9.17) is 5.11 Å². The summed E-state index contributed by atoms with van der Waals surface area (Å²) in [5, 5.41) is 8.89. The molecular formula is C6H12O3. The van der Waals surface area contributed by atoms with Crippen LogP contribution >= 0.6 is 0 Å². The average Bonchev–Trinajstić information content (AvgIpc) is 1.89. The Morgan fingerprint density at radius 1 is 1.78 bits per heavy atom. The fourth-order valence-electron chi connectivity index (χ4n) is 0.456. The Morgan fingerprint density at radius 2 is 2.44 bits per heavy atom. The molecule has 0 aromatic rings. The zero-order chi connectivity index (χ0) is 7.11. The molecule has 0 spiro atoms. The molecule has 9 heavy (non-hydrogen) atoms. The lowest BCUT2D eigenvalue weighted by atomic mass is 10.2. The smallest absolute Gasteiger partial charge is 0.293 e. The zero-order valence-electron chi connectivity index (χ0n) is 5.54. The first-order valence-electron chi connectivity index (χ1n) is 3.04. The SMILES string of the molecule is CC[C@H](O)CCOC=O. The van der Waals surface area contributed by atoms with Crippen molar-refractivity contribution >= 4 is 6.47 Å². The van der Waals surface area contributed by atoms with Gasteiger partial charge in [0, 0.05) is 6.42 Å². The monoisotopic (exact) mass is 132 g/mol. The lowest BCUT2D eigenvalue weighted by Crippen LogP contribution is -2.08. The van der Waals surface area contributed by atoms with Crippen LogP contribution in [0.5, 0.6) is 0 Å². The van der Waals surface area contributed by atoms with Crippen LogP contribution in [0, 0.1) is 0 Å². The first-order chi connectivity index (χ1) is 4.31. The quantitative estimate of drug-likeness (QED) is 0.433. The van der Waals surface area contributed by atoms with Crippen molar-refractivity contribution in [3.63, 3.8) is 0 Å². The van der Waals surface area contributed by atoms with Gasteiger partial charge in [0.15, 0.2) is 0 Å². The summed E-state index contributed by atoms with van der Waals surface area (Å²) in [6.07, 6.45) is 0.919. The van der Waals surface area contributed by atoms with Crippen molar-refractivity contribution < 1.29 is 14.6 Å². The molecule has 0 saturated heterocycles. The third kappa shape index (κ3) is 5.30. The number of aliphatic hydroxyl groups is 1. The van der Waals surface area contributed by atoms with E-state index in [9.17, 15) is 4.79 Å². The minimum Gasteiger partial charge on any atom is -0.468 e. The van der Waals surface area contributed by atoms with E-state index in [0.29, 0.717) is 25.9 Å². The van der Waals surface area contributed by atoms with Gasteiger partial charge in [-0.25, -0.2) is 0 Å². The fraction of sp³-hybridized carbons (Fsp3) is 0.833. The molecule has 3 heteroatoms. The van der Waals surface area contributed by atoms with Gasteiger partial charge in [0.2, 0.25) is 0 Å². The van der Waals surface area contributed by atoms with Gasteiger partial charge in [-0.05, 0) is 6.42 Å². The van der Waals surface area contributed by atoms with Gasteiger partial charge in [-0.2, -0.15) is 0 Å². The van der Waals surface area contributed by atoms with Gasteiger partial charge in [-0.15, -0.1) is 0 Å². The van der Waals surface area contributed by atoms with Crippen LogP contribution in [0.25, 0.3) is 0 Å². The summed E-state index contributed by atoms with van der Waals surface area (Å²) in [5.74, 6) is 0. The maximum atomic E-state index is 9.57. The number of ether oxygens (including phenoxy) is 1. The number of rotatable bonds is 5. The van der Waals surface area contributed by atoms with Crippen molar-refractivity contribution in [2.24, 2.45) is 0 Å². The predicted molar refractivity (Wildman–Crippen MR) is 32.9 cm³/mol. The molecule has 0 aliphatic rings. The highest BCUT2D eigenvalue weighted by Crippen LogP contribution is 1.95. The number of carbonyl (C=O) groups is 1. The van der Waals surface area contributed by atoms with Crippen LogP contribution < -0.4 is 0 Å². The van der Waals surface area contributed by atoms with Crippen molar-refractivity contribution in [2.45, 2.75) is 25.9 Å². The van der Waals surface area contributed by atoms with Crippen LogP contribution in [0.15, 0.2) is 0 Å². The van der Waals surface area contributed by atoms with Gasteiger partial charge >= 0.3 is 0 Å². The molecule has 0 aliphatic carbocycles. The molecule has 3 nitrogen and oxygen atoms in total. The zero-order valence-corrected chi connectivity index (χ0v) is 5.54. The highest BCUT2D eigenvalue weighted by atomic mass is 16.5. The third-order valence-corrected chi connectivity index (χ3v) is 1.11. The van der Waals surface area contributed by atoms with E-state index in [1.54, 1.807) is 0 Å². The van der Waals surface area contributed by atoms with Crippen LogP contribution in [0.1, 0.15) is 19.8 Å². The first kappa shape index (κ1) is 8.43. The maximum Gasteiger partial charge on any atom is 0.293 e. The molecule has 0 bridgehead atoms. The molecule has 54 valence electrons. The van der Waals surface area contributed by atoms with Crippen molar-refractivity contribution in [3.05, 3.63) is 0 Å². The lowest BCUT2D eigenvalue weighted by Gasteiger charge is -2.04. The standard InChI is InChI=1S/C6H12O3/c1-2-6(8)3-4-9-5-7/h5-6,8H,2-4H2,1H3/t6-/m0/s1. The van der Waals surface area contributed by atoms with Gasteiger partial charge in [0.25, 0.3) is 6.47 Å². The van der Waals surface area contributed by atoms with Gasteiger partial charge in [0.05, 0.1) is 12.7 Å². The van der Waals surface area contributed by atoms with Crippen molar-refractivity contribution in [2.75, 3.05) is 6.61 Å². The number of carbonyl (C=O) groups excluding carboxylic acids is 1. The van der Waals surface area contributed by atoms with Crippen LogP contribution in [0.4, 0.5) is 0 Å².